The average molecular weight is 256 g/mol. The van der Waals surface area contributed by atoms with Crippen LogP contribution in [-0.2, 0) is 10.2 Å². The summed E-state index contributed by atoms with van der Waals surface area (Å²) < 4.78 is 27.1. The number of rotatable bonds is 6. The highest BCUT2D eigenvalue weighted by Crippen LogP contribution is 2.19. The van der Waals surface area contributed by atoms with Gasteiger partial charge >= 0.3 is 10.2 Å². The first-order valence-electron chi connectivity index (χ1n) is 5.75. The molecule has 0 aliphatic heterocycles. The molecule has 0 aromatic heterocycles. The van der Waals surface area contributed by atoms with E-state index in [1.807, 2.05) is 37.3 Å². The van der Waals surface area contributed by atoms with Crippen LogP contribution < -0.4 is 4.31 Å². The van der Waals surface area contributed by atoms with Crippen molar-refractivity contribution in [3.8, 4) is 0 Å². The highest BCUT2D eigenvalue weighted by atomic mass is 32.2. The van der Waals surface area contributed by atoms with Crippen molar-refractivity contribution in [1.29, 1.82) is 0 Å². The second-order valence-electron chi connectivity index (χ2n) is 4.05. The van der Waals surface area contributed by atoms with Gasteiger partial charge < -0.3 is 0 Å². The Labute approximate surface area is 104 Å². The lowest BCUT2D eigenvalue weighted by Gasteiger charge is -2.27. The van der Waals surface area contributed by atoms with Gasteiger partial charge in [-0.1, -0.05) is 31.5 Å². The number of nitrogens with zero attached hydrogens (tertiary/aromatic N) is 2. The number of anilines is 1. The lowest BCUT2D eigenvalue weighted by molar-refractivity contribution is 0.514. The summed E-state index contributed by atoms with van der Waals surface area (Å²) in [6.07, 6.45) is 1.81. The predicted octanol–water partition coefficient (Wildman–Crippen LogP) is 2.10. The standard InChI is InChI=1S/C12H20N2O2S/c1-4-5-11-14(17(15,16)13(2)3)12-9-7-6-8-10-12/h6-10H,4-5,11H2,1-3H3. The maximum Gasteiger partial charge on any atom is 0.303 e. The van der Waals surface area contributed by atoms with Gasteiger partial charge in [0.25, 0.3) is 0 Å². The Hall–Kier alpha value is -1.07. The van der Waals surface area contributed by atoms with Crippen LogP contribution in [0.5, 0.6) is 0 Å². The Bertz CT molecular complexity index is 429. The van der Waals surface area contributed by atoms with E-state index >= 15 is 0 Å². The first kappa shape index (κ1) is 14.0. The summed E-state index contributed by atoms with van der Waals surface area (Å²) in [7, 11) is -0.292. The fraction of sp³-hybridized carbons (Fsp3) is 0.500. The van der Waals surface area contributed by atoms with Gasteiger partial charge in [0.15, 0.2) is 0 Å². The molecule has 0 radical (unpaired) electrons. The molecular formula is C12H20N2O2S. The third-order valence-corrected chi connectivity index (χ3v) is 4.37. The molecule has 0 aliphatic carbocycles. The molecule has 0 atom stereocenters. The van der Waals surface area contributed by atoms with Gasteiger partial charge in [-0.15, -0.1) is 0 Å². The summed E-state index contributed by atoms with van der Waals surface area (Å²) in [5, 5.41) is 0. The van der Waals surface area contributed by atoms with Crippen LogP contribution in [-0.4, -0.2) is 33.4 Å². The second-order valence-corrected chi connectivity index (χ2v) is 6.12. The van der Waals surface area contributed by atoms with Crippen molar-refractivity contribution in [2.24, 2.45) is 0 Å². The molecule has 0 aliphatic rings. The Morgan fingerprint density at radius 1 is 1.12 bits per heavy atom. The monoisotopic (exact) mass is 256 g/mol. The Morgan fingerprint density at radius 2 is 1.71 bits per heavy atom. The minimum absolute atomic E-state index is 0.515. The molecule has 0 amide bonds. The second kappa shape index (κ2) is 6.02. The summed E-state index contributed by atoms with van der Waals surface area (Å²) in [6, 6.07) is 9.20. The minimum Gasteiger partial charge on any atom is -0.258 e. The summed E-state index contributed by atoms with van der Waals surface area (Å²) >= 11 is 0. The van der Waals surface area contributed by atoms with Crippen LogP contribution in [0.3, 0.4) is 0 Å². The molecule has 1 aromatic carbocycles. The van der Waals surface area contributed by atoms with Crippen LogP contribution in [0, 0.1) is 0 Å². The van der Waals surface area contributed by atoms with Crippen molar-refractivity contribution < 1.29 is 8.42 Å². The molecule has 0 saturated heterocycles. The van der Waals surface area contributed by atoms with Crippen LogP contribution in [0.25, 0.3) is 0 Å². The number of hydrogen-bond acceptors (Lipinski definition) is 2. The Morgan fingerprint density at radius 3 is 2.18 bits per heavy atom. The van der Waals surface area contributed by atoms with Gasteiger partial charge in [-0.05, 0) is 18.6 Å². The molecule has 0 fully saturated rings. The Balaban J connectivity index is 3.05. The quantitative estimate of drug-likeness (QED) is 0.782. The minimum atomic E-state index is -3.40. The normalized spacial score (nSPS) is 11.8. The molecule has 4 nitrogen and oxygen atoms in total. The highest BCUT2D eigenvalue weighted by molar-refractivity contribution is 7.90. The zero-order valence-electron chi connectivity index (χ0n) is 10.6. The number of hydrogen-bond donors (Lipinski definition) is 0. The predicted molar refractivity (Wildman–Crippen MR) is 71.3 cm³/mol. The Kier molecular flexibility index (Phi) is 4.96. The molecule has 0 bridgehead atoms. The van der Waals surface area contributed by atoms with Crippen molar-refractivity contribution in [3.63, 3.8) is 0 Å². The highest BCUT2D eigenvalue weighted by Gasteiger charge is 2.23. The third kappa shape index (κ3) is 3.44. The SMILES string of the molecule is CCCCN(c1ccccc1)S(=O)(=O)N(C)C. The van der Waals surface area contributed by atoms with E-state index in [1.165, 1.54) is 8.61 Å². The third-order valence-electron chi connectivity index (χ3n) is 2.50. The molecule has 1 rings (SSSR count). The van der Waals surface area contributed by atoms with Gasteiger partial charge in [0.1, 0.15) is 0 Å². The molecule has 0 spiro atoms. The van der Waals surface area contributed by atoms with E-state index in [1.54, 1.807) is 14.1 Å². The van der Waals surface area contributed by atoms with E-state index in [9.17, 15) is 8.42 Å². The molecule has 0 N–H and O–H groups in total. The summed E-state index contributed by atoms with van der Waals surface area (Å²) in [5.74, 6) is 0. The number of unbranched alkanes of at least 4 members (excludes halogenated alkanes) is 1. The molecule has 96 valence electrons. The number of benzene rings is 1. The van der Waals surface area contributed by atoms with Gasteiger partial charge in [0.2, 0.25) is 0 Å². The van der Waals surface area contributed by atoms with Crippen molar-refractivity contribution >= 4 is 15.9 Å². The van der Waals surface area contributed by atoms with Gasteiger partial charge in [0.05, 0.1) is 5.69 Å². The topological polar surface area (TPSA) is 40.6 Å². The van der Waals surface area contributed by atoms with Crippen molar-refractivity contribution in [2.75, 3.05) is 24.9 Å². The zero-order valence-corrected chi connectivity index (χ0v) is 11.4. The van der Waals surface area contributed by atoms with E-state index in [-0.39, 0.29) is 0 Å². The van der Waals surface area contributed by atoms with Crippen LogP contribution in [0.15, 0.2) is 30.3 Å². The maximum atomic E-state index is 12.2. The lowest BCUT2D eigenvalue weighted by Crippen LogP contribution is -2.40. The molecule has 0 heterocycles. The molecule has 0 unspecified atom stereocenters. The van der Waals surface area contributed by atoms with E-state index in [0.717, 1.165) is 18.5 Å². The molecule has 5 heteroatoms. The molecule has 0 saturated carbocycles. The van der Waals surface area contributed by atoms with Crippen LogP contribution >= 0.6 is 0 Å². The fourth-order valence-corrected chi connectivity index (χ4v) is 2.61. The van der Waals surface area contributed by atoms with Gasteiger partial charge in [-0.25, -0.2) is 0 Å². The van der Waals surface area contributed by atoms with Crippen molar-refractivity contribution in [2.45, 2.75) is 19.8 Å². The van der Waals surface area contributed by atoms with Crippen molar-refractivity contribution in [3.05, 3.63) is 30.3 Å². The van der Waals surface area contributed by atoms with Crippen LogP contribution in [0.1, 0.15) is 19.8 Å². The van der Waals surface area contributed by atoms with Crippen LogP contribution in [0.2, 0.25) is 0 Å². The maximum absolute atomic E-state index is 12.2. The van der Waals surface area contributed by atoms with Gasteiger partial charge in [0, 0.05) is 20.6 Å². The van der Waals surface area contributed by atoms with E-state index in [2.05, 4.69) is 0 Å². The van der Waals surface area contributed by atoms with E-state index < -0.39 is 10.2 Å². The average Bonchev–Trinajstić information content (AvgIpc) is 2.30. The summed E-state index contributed by atoms with van der Waals surface area (Å²) in [6.45, 7) is 2.56. The zero-order chi connectivity index (χ0) is 12.9. The molecular weight excluding hydrogens is 236 g/mol. The van der Waals surface area contributed by atoms with Crippen LogP contribution in [0.4, 0.5) is 5.69 Å². The first-order chi connectivity index (χ1) is 8.00. The van der Waals surface area contributed by atoms with E-state index in [4.69, 9.17) is 0 Å². The van der Waals surface area contributed by atoms with Gasteiger partial charge in [-0.2, -0.15) is 12.7 Å². The van der Waals surface area contributed by atoms with Crippen molar-refractivity contribution in [1.82, 2.24) is 4.31 Å². The smallest absolute Gasteiger partial charge is 0.258 e. The largest absolute Gasteiger partial charge is 0.303 e. The van der Waals surface area contributed by atoms with E-state index in [0.29, 0.717) is 6.54 Å². The fourth-order valence-electron chi connectivity index (χ4n) is 1.47. The number of para-hydroxylation sites is 1. The van der Waals surface area contributed by atoms with Gasteiger partial charge in [-0.3, -0.25) is 4.31 Å². The summed E-state index contributed by atoms with van der Waals surface area (Å²) in [4.78, 5) is 0. The molecule has 17 heavy (non-hydrogen) atoms. The first-order valence-corrected chi connectivity index (χ1v) is 7.15. The lowest BCUT2D eigenvalue weighted by atomic mass is 10.3. The molecule has 1 aromatic rings. The summed E-state index contributed by atoms with van der Waals surface area (Å²) in [5.41, 5.74) is 0.717.